The quantitative estimate of drug-likeness (QED) is 0.794. The van der Waals surface area contributed by atoms with Crippen molar-refractivity contribution >= 4 is 17.6 Å². The van der Waals surface area contributed by atoms with Gasteiger partial charge in [0.2, 0.25) is 5.91 Å². The van der Waals surface area contributed by atoms with Crippen LogP contribution in [0.2, 0.25) is 0 Å². The van der Waals surface area contributed by atoms with Crippen molar-refractivity contribution in [2.75, 3.05) is 18.5 Å². The fourth-order valence-corrected chi connectivity index (χ4v) is 4.39. The zero-order valence-corrected chi connectivity index (χ0v) is 15.6. The lowest BCUT2D eigenvalue weighted by molar-refractivity contribution is -0.226. The second-order valence-corrected chi connectivity index (χ2v) is 8.57. The van der Waals surface area contributed by atoms with E-state index in [2.05, 4.69) is 19.2 Å². The molecule has 1 heterocycles. The number of carbonyl (C=O) groups is 2. The summed E-state index contributed by atoms with van der Waals surface area (Å²) < 4.78 is 11.6. The summed E-state index contributed by atoms with van der Waals surface area (Å²) in [7, 11) is 0. The van der Waals surface area contributed by atoms with Crippen LogP contribution < -0.4 is 5.32 Å². The molecule has 0 spiro atoms. The maximum Gasteiger partial charge on any atom is 0.307 e. The number of carbonyl (C=O) groups excluding carboxylic acids is 1. The molecule has 2 fully saturated rings. The van der Waals surface area contributed by atoms with Crippen LogP contribution in [0.25, 0.3) is 0 Å². The summed E-state index contributed by atoms with van der Waals surface area (Å²) in [6.45, 7) is 5.38. The molecule has 4 atom stereocenters. The monoisotopic (exact) mass is 371 g/mol. The van der Waals surface area contributed by atoms with Crippen molar-refractivity contribution in [3.8, 4) is 0 Å². The van der Waals surface area contributed by atoms with Crippen LogP contribution in [0.3, 0.4) is 0 Å². The minimum Gasteiger partial charge on any atom is -0.481 e. The van der Waals surface area contributed by atoms with Gasteiger partial charge in [-0.25, -0.2) is 0 Å². The van der Waals surface area contributed by atoms with E-state index < -0.39 is 24.1 Å². The molecule has 0 aromatic heterocycles. The van der Waals surface area contributed by atoms with E-state index in [0.717, 1.165) is 12.0 Å². The van der Waals surface area contributed by atoms with Crippen molar-refractivity contribution in [3.63, 3.8) is 0 Å². The molecule has 27 heavy (non-hydrogen) atoms. The molecule has 1 saturated heterocycles. The van der Waals surface area contributed by atoms with Crippen LogP contribution in [-0.4, -0.2) is 30.2 Å². The average molecular weight is 371 g/mol. The number of hydrogen-bond donors (Lipinski definition) is 2. The summed E-state index contributed by atoms with van der Waals surface area (Å²) >= 11 is 0. The molecule has 1 aliphatic heterocycles. The Morgan fingerprint density at radius 3 is 2.44 bits per heavy atom. The van der Waals surface area contributed by atoms with Gasteiger partial charge in [0.15, 0.2) is 6.29 Å². The molecular formula is C21H25NO5. The van der Waals surface area contributed by atoms with Gasteiger partial charge < -0.3 is 19.9 Å². The number of allylic oxidation sites excluding steroid dienone is 2. The largest absolute Gasteiger partial charge is 0.481 e. The van der Waals surface area contributed by atoms with E-state index in [4.69, 9.17) is 9.47 Å². The predicted molar refractivity (Wildman–Crippen MR) is 98.9 cm³/mol. The summed E-state index contributed by atoms with van der Waals surface area (Å²) in [4.78, 5) is 24.4. The SMILES string of the molecule is CC1(C)COC(c2cccc(NC(=O)[C@H]3[C@@H](C(=O)O)[C@H]4C=C[C@H]3C4)c2)OC1. The van der Waals surface area contributed by atoms with Gasteiger partial charge in [-0.1, -0.05) is 38.1 Å². The maximum absolute atomic E-state index is 12.8. The van der Waals surface area contributed by atoms with Gasteiger partial charge in [0, 0.05) is 16.7 Å². The molecule has 4 rings (SSSR count). The van der Waals surface area contributed by atoms with Crippen molar-refractivity contribution in [1.29, 1.82) is 0 Å². The number of ether oxygens (including phenoxy) is 2. The summed E-state index contributed by atoms with van der Waals surface area (Å²) in [5.74, 6) is -2.33. The van der Waals surface area contributed by atoms with Crippen molar-refractivity contribution < 1.29 is 24.2 Å². The summed E-state index contributed by atoms with van der Waals surface area (Å²) in [6, 6.07) is 7.37. The van der Waals surface area contributed by atoms with Crippen LogP contribution in [0, 0.1) is 29.1 Å². The van der Waals surface area contributed by atoms with E-state index in [-0.39, 0.29) is 23.2 Å². The normalized spacial score (nSPS) is 31.8. The Morgan fingerprint density at radius 2 is 1.78 bits per heavy atom. The number of fused-ring (bicyclic) bond motifs is 2. The number of hydrogen-bond acceptors (Lipinski definition) is 4. The van der Waals surface area contributed by atoms with E-state index >= 15 is 0 Å². The van der Waals surface area contributed by atoms with Crippen LogP contribution in [0.1, 0.15) is 32.1 Å². The minimum atomic E-state index is -0.896. The van der Waals surface area contributed by atoms with Crippen molar-refractivity contribution in [2.24, 2.45) is 29.1 Å². The highest BCUT2D eigenvalue weighted by Gasteiger charge is 2.51. The standard InChI is InChI=1S/C21H25NO5/c1-21(2)10-26-20(27-11-21)14-4-3-5-15(9-14)22-18(23)16-12-6-7-13(8-12)17(16)19(24)25/h3-7,9,12-13,16-17,20H,8,10-11H2,1-2H3,(H,22,23)(H,24,25)/t12-,13-,16+,17-/m0/s1. The molecule has 1 amide bonds. The first-order valence-corrected chi connectivity index (χ1v) is 9.39. The zero-order chi connectivity index (χ0) is 19.2. The van der Waals surface area contributed by atoms with E-state index in [1.807, 2.05) is 30.4 Å². The van der Waals surface area contributed by atoms with Gasteiger partial charge in [-0.2, -0.15) is 0 Å². The number of amides is 1. The van der Waals surface area contributed by atoms with E-state index in [0.29, 0.717) is 18.9 Å². The summed E-state index contributed by atoms with van der Waals surface area (Å²) in [6.07, 6.45) is 4.21. The molecule has 6 nitrogen and oxygen atoms in total. The topological polar surface area (TPSA) is 84.9 Å². The molecule has 2 bridgehead atoms. The van der Waals surface area contributed by atoms with E-state index in [1.54, 1.807) is 6.07 Å². The van der Waals surface area contributed by atoms with Crippen LogP contribution in [-0.2, 0) is 19.1 Å². The first-order valence-electron chi connectivity index (χ1n) is 9.39. The first-order chi connectivity index (χ1) is 12.8. The van der Waals surface area contributed by atoms with Gasteiger partial charge in [-0.3, -0.25) is 9.59 Å². The number of rotatable bonds is 4. The molecule has 2 N–H and O–H groups in total. The van der Waals surface area contributed by atoms with Crippen molar-refractivity contribution in [3.05, 3.63) is 42.0 Å². The van der Waals surface area contributed by atoms with Gasteiger partial charge >= 0.3 is 5.97 Å². The molecule has 0 radical (unpaired) electrons. The highest BCUT2D eigenvalue weighted by Crippen LogP contribution is 2.48. The summed E-state index contributed by atoms with van der Waals surface area (Å²) in [5, 5.41) is 12.4. The second-order valence-electron chi connectivity index (χ2n) is 8.57. The molecule has 1 saturated carbocycles. The molecule has 2 aliphatic carbocycles. The fraction of sp³-hybridized carbons (Fsp3) is 0.524. The Labute approximate surface area is 158 Å². The third-order valence-corrected chi connectivity index (χ3v) is 5.72. The lowest BCUT2D eigenvalue weighted by atomic mass is 9.82. The van der Waals surface area contributed by atoms with Crippen LogP contribution in [0.5, 0.6) is 0 Å². The van der Waals surface area contributed by atoms with Gasteiger partial charge in [0.25, 0.3) is 0 Å². The molecule has 1 aromatic carbocycles. The Hall–Kier alpha value is -2.18. The highest BCUT2D eigenvalue weighted by atomic mass is 16.7. The van der Waals surface area contributed by atoms with Crippen molar-refractivity contribution in [1.82, 2.24) is 0 Å². The molecular weight excluding hydrogens is 346 g/mol. The van der Waals surface area contributed by atoms with Crippen LogP contribution in [0.15, 0.2) is 36.4 Å². The molecule has 6 heteroatoms. The Balaban J connectivity index is 1.46. The lowest BCUT2D eigenvalue weighted by Gasteiger charge is -2.34. The van der Waals surface area contributed by atoms with Gasteiger partial charge in [-0.15, -0.1) is 0 Å². The van der Waals surface area contributed by atoms with Crippen LogP contribution >= 0.6 is 0 Å². The first kappa shape index (κ1) is 18.2. The Kier molecular flexibility index (Phi) is 4.56. The van der Waals surface area contributed by atoms with Crippen molar-refractivity contribution in [2.45, 2.75) is 26.6 Å². The molecule has 1 aromatic rings. The lowest BCUT2D eigenvalue weighted by Crippen LogP contribution is -2.36. The molecule has 0 unspecified atom stereocenters. The number of aliphatic carboxylic acids is 1. The smallest absolute Gasteiger partial charge is 0.307 e. The third kappa shape index (κ3) is 3.51. The average Bonchev–Trinajstić information content (AvgIpc) is 3.23. The van der Waals surface area contributed by atoms with Crippen LogP contribution in [0.4, 0.5) is 5.69 Å². The van der Waals surface area contributed by atoms with E-state index in [1.165, 1.54) is 0 Å². The van der Waals surface area contributed by atoms with Gasteiger partial charge in [0.05, 0.1) is 25.0 Å². The maximum atomic E-state index is 12.8. The second kappa shape index (κ2) is 6.77. The summed E-state index contributed by atoms with van der Waals surface area (Å²) in [5.41, 5.74) is 1.46. The number of nitrogens with one attached hydrogen (secondary N) is 1. The Morgan fingerprint density at radius 1 is 1.11 bits per heavy atom. The molecule has 3 aliphatic rings. The predicted octanol–water partition coefficient (Wildman–Crippen LogP) is 3.22. The fourth-order valence-electron chi connectivity index (χ4n) is 4.39. The van der Waals surface area contributed by atoms with Gasteiger partial charge in [0.1, 0.15) is 0 Å². The van der Waals surface area contributed by atoms with Gasteiger partial charge in [-0.05, 0) is 30.4 Å². The molecule has 144 valence electrons. The number of carboxylic acids is 1. The highest BCUT2D eigenvalue weighted by molar-refractivity contribution is 5.96. The van der Waals surface area contributed by atoms with E-state index in [9.17, 15) is 14.7 Å². The third-order valence-electron chi connectivity index (χ3n) is 5.72. The number of benzene rings is 1. The zero-order valence-electron chi connectivity index (χ0n) is 15.6. The number of anilines is 1. The number of carboxylic acid groups (broad SMARTS) is 1. The Bertz CT molecular complexity index is 777. The minimum absolute atomic E-state index is 0.00604.